The Morgan fingerprint density at radius 3 is 2.65 bits per heavy atom. The molecule has 186 valence electrons. The van der Waals surface area contributed by atoms with Crippen molar-refractivity contribution in [2.75, 3.05) is 23.9 Å². The van der Waals surface area contributed by atoms with Crippen LogP contribution in [0.2, 0.25) is 0 Å². The van der Waals surface area contributed by atoms with Gasteiger partial charge in [-0.2, -0.15) is 0 Å². The summed E-state index contributed by atoms with van der Waals surface area (Å²) in [6.45, 7) is 3.84. The van der Waals surface area contributed by atoms with Crippen LogP contribution in [0.5, 0.6) is 5.75 Å². The predicted octanol–water partition coefficient (Wildman–Crippen LogP) is 5.36. The molecule has 0 radical (unpaired) electrons. The minimum atomic E-state index is -0.452. The molecule has 0 bridgehead atoms. The van der Waals surface area contributed by atoms with Gasteiger partial charge in [-0.25, -0.2) is 14.4 Å². The molecular weight excluding hydrogens is 471 g/mol. The molecule has 0 fully saturated rings. The first kappa shape index (κ1) is 24.1. The highest BCUT2D eigenvalue weighted by atomic mass is 19.1. The molecule has 0 atom stereocenters. The van der Waals surface area contributed by atoms with E-state index < -0.39 is 11.7 Å². The second-order valence-corrected chi connectivity index (χ2v) is 8.80. The molecule has 0 aliphatic carbocycles. The van der Waals surface area contributed by atoms with Crippen molar-refractivity contribution in [3.05, 3.63) is 101 Å². The summed E-state index contributed by atoms with van der Waals surface area (Å²) >= 11 is 0. The first-order chi connectivity index (χ1) is 17.9. The molecule has 5 rings (SSSR count). The number of aromatic nitrogens is 2. The summed E-state index contributed by atoms with van der Waals surface area (Å²) in [5.74, 6) is -0.156. The number of fused-ring (bicyclic) bond motifs is 3. The van der Waals surface area contributed by atoms with Crippen molar-refractivity contribution < 1.29 is 18.7 Å². The van der Waals surface area contributed by atoms with E-state index in [1.165, 1.54) is 19.2 Å². The molecule has 0 saturated heterocycles. The van der Waals surface area contributed by atoms with Gasteiger partial charge in [-0.05, 0) is 61.7 Å². The maximum Gasteiger partial charge on any atom is 0.262 e. The molecule has 1 aromatic heterocycles. The second-order valence-electron chi connectivity index (χ2n) is 8.80. The van der Waals surface area contributed by atoms with Crippen LogP contribution < -0.4 is 15.0 Å². The highest BCUT2D eigenvalue weighted by molar-refractivity contribution is 6.11. The smallest absolute Gasteiger partial charge is 0.262 e. The number of nitrogens with one attached hydrogen (secondary N) is 1. The Hall–Kier alpha value is -4.59. The number of aryl methyl sites for hydroxylation is 1. The van der Waals surface area contributed by atoms with Gasteiger partial charge in [-0.1, -0.05) is 24.3 Å². The number of amides is 2. The zero-order valence-corrected chi connectivity index (χ0v) is 20.7. The van der Waals surface area contributed by atoms with Crippen LogP contribution in [-0.4, -0.2) is 35.4 Å². The summed E-state index contributed by atoms with van der Waals surface area (Å²) in [5, 5.41) is 2.76. The van der Waals surface area contributed by atoms with Gasteiger partial charge in [0, 0.05) is 35.6 Å². The van der Waals surface area contributed by atoms with Crippen LogP contribution >= 0.6 is 0 Å². The average molecular weight is 497 g/mol. The van der Waals surface area contributed by atoms with E-state index in [-0.39, 0.29) is 17.0 Å². The Morgan fingerprint density at radius 2 is 1.84 bits per heavy atom. The van der Waals surface area contributed by atoms with Crippen LogP contribution in [-0.2, 0) is 6.42 Å². The maximum atomic E-state index is 13.9. The minimum Gasteiger partial charge on any atom is -0.496 e. The van der Waals surface area contributed by atoms with Gasteiger partial charge in [-0.3, -0.25) is 9.59 Å². The van der Waals surface area contributed by atoms with E-state index >= 15 is 0 Å². The normalized spacial score (nSPS) is 12.3. The number of carbonyl (C=O) groups is 2. The van der Waals surface area contributed by atoms with Gasteiger partial charge in [0.15, 0.2) is 0 Å². The van der Waals surface area contributed by atoms with E-state index in [2.05, 4.69) is 15.3 Å². The summed E-state index contributed by atoms with van der Waals surface area (Å²) in [7, 11) is 1.47. The summed E-state index contributed by atoms with van der Waals surface area (Å²) in [6.07, 6.45) is 2.42. The summed E-state index contributed by atoms with van der Waals surface area (Å²) < 4.78 is 19.5. The number of anilines is 2. The van der Waals surface area contributed by atoms with Crippen LogP contribution in [0.3, 0.4) is 0 Å². The molecule has 1 N–H and O–H groups in total. The van der Waals surface area contributed by atoms with Crippen molar-refractivity contribution in [2.24, 2.45) is 0 Å². The molecule has 2 heterocycles. The summed E-state index contributed by atoms with van der Waals surface area (Å²) in [5.41, 5.74) is 4.70. The first-order valence-electron chi connectivity index (χ1n) is 11.9. The fourth-order valence-electron chi connectivity index (χ4n) is 4.53. The lowest BCUT2D eigenvalue weighted by atomic mass is 10.0. The van der Waals surface area contributed by atoms with Gasteiger partial charge in [-0.15, -0.1) is 0 Å². The molecule has 7 nitrogen and oxygen atoms in total. The summed E-state index contributed by atoms with van der Waals surface area (Å²) in [6, 6.07) is 16.9. The second kappa shape index (κ2) is 9.81. The van der Waals surface area contributed by atoms with E-state index in [1.54, 1.807) is 36.1 Å². The number of ether oxygens (including phenoxy) is 1. The zero-order chi connectivity index (χ0) is 26.1. The number of methoxy groups -OCH3 is 1. The van der Waals surface area contributed by atoms with Gasteiger partial charge < -0.3 is 15.0 Å². The quantitative estimate of drug-likeness (QED) is 0.411. The average Bonchev–Trinajstić information content (AvgIpc) is 3.06. The molecule has 0 saturated carbocycles. The van der Waals surface area contributed by atoms with Gasteiger partial charge in [0.1, 0.15) is 17.4 Å². The number of hydrogen-bond acceptors (Lipinski definition) is 5. The van der Waals surface area contributed by atoms with E-state index in [0.29, 0.717) is 35.8 Å². The van der Waals surface area contributed by atoms with Crippen LogP contribution in [0.25, 0.3) is 11.3 Å². The summed E-state index contributed by atoms with van der Waals surface area (Å²) in [4.78, 5) is 37.3. The SMILES string of the molecule is COc1cc(NC(=O)c2cccc(F)c2C)ccc1C(=O)N1CCc2cnc(C)nc2-c2ccccc21. The number of carbonyl (C=O) groups excluding carboxylic acids is 2. The fourth-order valence-corrected chi connectivity index (χ4v) is 4.53. The number of benzene rings is 3. The lowest BCUT2D eigenvalue weighted by Gasteiger charge is -2.24. The van der Waals surface area contributed by atoms with E-state index in [0.717, 1.165) is 22.5 Å². The Kier molecular flexibility index (Phi) is 6.40. The Morgan fingerprint density at radius 1 is 1.03 bits per heavy atom. The largest absolute Gasteiger partial charge is 0.496 e. The third-order valence-corrected chi connectivity index (χ3v) is 6.49. The number of rotatable bonds is 4. The Bertz CT molecular complexity index is 1540. The molecule has 4 aromatic rings. The molecule has 1 aliphatic heterocycles. The standard InChI is InChI=1S/C29H25FN4O3/c1-17-21(8-6-9-24(17)30)28(35)33-20-11-12-23(26(15-20)37-3)29(36)34-14-13-19-16-31-18(2)32-27(19)22-7-4-5-10-25(22)34/h4-12,15-16H,13-14H2,1-3H3,(H,33,35). The van der Waals surface area contributed by atoms with Crippen molar-refractivity contribution in [2.45, 2.75) is 20.3 Å². The van der Waals surface area contributed by atoms with Crippen LogP contribution in [0.1, 0.15) is 37.7 Å². The van der Waals surface area contributed by atoms with Crippen molar-refractivity contribution >= 4 is 23.2 Å². The highest BCUT2D eigenvalue weighted by Crippen LogP contribution is 2.36. The minimum absolute atomic E-state index is 0.234. The van der Waals surface area contributed by atoms with Crippen molar-refractivity contribution in [3.8, 4) is 17.0 Å². The number of halogens is 1. The van der Waals surface area contributed by atoms with E-state index in [1.807, 2.05) is 37.4 Å². The monoisotopic (exact) mass is 496 g/mol. The van der Waals surface area contributed by atoms with Crippen LogP contribution in [0.15, 0.2) is 66.9 Å². The third kappa shape index (κ3) is 4.53. The molecule has 2 amide bonds. The van der Waals surface area contributed by atoms with Gasteiger partial charge >= 0.3 is 0 Å². The molecule has 3 aromatic carbocycles. The Labute approximate surface area is 214 Å². The number of nitrogens with zero attached hydrogens (tertiary/aromatic N) is 3. The molecule has 8 heteroatoms. The molecular formula is C29H25FN4O3. The van der Waals surface area contributed by atoms with Gasteiger partial charge in [0.25, 0.3) is 11.8 Å². The van der Waals surface area contributed by atoms with E-state index in [4.69, 9.17) is 4.74 Å². The third-order valence-electron chi connectivity index (χ3n) is 6.49. The zero-order valence-electron chi connectivity index (χ0n) is 20.7. The predicted molar refractivity (Wildman–Crippen MR) is 140 cm³/mol. The van der Waals surface area contributed by atoms with Gasteiger partial charge in [0.2, 0.25) is 0 Å². The molecule has 37 heavy (non-hydrogen) atoms. The lowest BCUT2D eigenvalue weighted by molar-refractivity contribution is 0.0983. The van der Waals surface area contributed by atoms with E-state index in [9.17, 15) is 14.0 Å². The van der Waals surface area contributed by atoms with Crippen molar-refractivity contribution in [3.63, 3.8) is 0 Å². The van der Waals surface area contributed by atoms with Crippen LogP contribution in [0.4, 0.5) is 15.8 Å². The molecule has 0 spiro atoms. The van der Waals surface area contributed by atoms with Crippen molar-refractivity contribution in [1.29, 1.82) is 0 Å². The lowest BCUT2D eigenvalue weighted by Crippen LogP contribution is -2.32. The first-order valence-corrected chi connectivity index (χ1v) is 11.9. The van der Waals surface area contributed by atoms with Gasteiger partial charge in [0.05, 0.1) is 24.1 Å². The highest BCUT2D eigenvalue weighted by Gasteiger charge is 2.28. The van der Waals surface area contributed by atoms with Crippen molar-refractivity contribution in [1.82, 2.24) is 9.97 Å². The molecule has 1 aliphatic rings. The molecule has 0 unspecified atom stereocenters. The fraction of sp³-hybridized carbons (Fsp3) is 0.172. The maximum absolute atomic E-state index is 13.9. The topological polar surface area (TPSA) is 84.4 Å². The number of hydrogen-bond donors (Lipinski definition) is 1. The Balaban J connectivity index is 1.46. The van der Waals surface area contributed by atoms with Crippen LogP contribution in [0, 0.1) is 19.7 Å². The number of para-hydroxylation sites is 1.